The van der Waals surface area contributed by atoms with E-state index < -0.39 is 0 Å². The zero-order valence-electron chi connectivity index (χ0n) is 12.2. The number of carbonyl (C=O) groups excluding carboxylic acids is 1. The molecule has 3 rings (SSSR count). The van der Waals surface area contributed by atoms with E-state index in [0.29, 0.717) is 6.04 Å². The van der Waals surface area contributed by atoms with Crippen molar-refractivity contribution in [3.05, 3.63) is 29.8 Å². The van der Waals surface area contributed by atoms with Gasteiger partial charge in [0.15, 0.2) is 0 Å². The SMILES string of the molecule is CC1CCC(NC(=O)C2(c3ccc(N)cc3)CC2)CC1. The van der Waals surface area contributed by atoms with Gasteiger partial charge in [0.25, 0.3) is 0 Å². The largest absolute Gasteiger partial charge is 0.399 e. The molecule has 1 amide bonds. The van der Waals surface area contributed by atoms with Crippen molar-refractivity contribution < 1.29 is 4.79 Å². The minimum absolute atomic E-state index is 0.224. The van der Waals surface area contributed by atoms with Gasteiger partial charge in [-0.25, -0.2) is 0 Å². The molecule has 20 heavy (non-hydrogen) atoms. The van der Waals surface area contributed by atoms with Crippen molar-refractivity contribution >= 4 is 11.6 Å². The van der Waals surface area contributed by atoms with Crippen LogP contribution >= 0.6 is 0 Å². The molecule has 3 nitrogen and oxygen atoms in total. The molecule has 0 saturated heterocycles. The molecule has 0 aromatic heterocycles. The van der Waals surface area contributed by atoms with E-state index in [1.54, 1.807) is 0 Å². The Hall–Kier alpha value is -1.51. The Morgan fingerprint density at radius 2 is 1.75 bits per heavy atom. The summed E-state index contributed by atoms with van der Waals surface area (Å²) in [6, 6.07) is 8.18. The highest BCUT2D eigenvalue weighted by Gasteiger charge is 2.51. The maximum atomic E-state index is 12.6. The summed E-state index contributed by atoms with van der Waals surface area (Å²) in [4.78, 5) is 12.6. The number of carbonyl (C=O) groups is 1. The molecule has 3 heteroatoms. The standard InChI is InChI=1S/C17H24N2O/c1-12-2-8-15(9-3-12)19-16(20)17(10-11-17)13-4-6-14(18)7-5-13/h4-7,12,15H,2-3,8-11,18H2,1H3,(H,19,20). The van der Waals surface area contributed by atoms with Crippen molar-refractivity contribution in [3.63, 3.8) is 0 Å². The van der Waals surface area contributed by atoms with E-state index in [1.165, 1.54) is 12.8 Å². The van der Waals surface area contributed by atoms with Crippen LogP contribution < -0.4 is 11.1 Å². The molecular weight excluding hydrogens is 248 g/mol. The molecule has 0 unspecified atom stereocenters. The van der Waals surface area contributed by atoms with Crippen LogP contribution in [0.4, 0.5) is 5.69 Å². The van der Waals surface area contributed by atoms with Gasteiger partial charge < -0.3 is 11.1 Å². The number of hydrogen-bond donors (Lipinski definition) is 2. The molecule has 2 aliphatic carbocycles. The number of hydrogen-bond acceptors (Lipinski definition) is 2. The first kappa shape index (κ1) is 13.5. The lowest BCUT2D eigenvalue weighted by Gasteiger charge is -2.28. The quantitative estimate of drug-likeness (QED) is 0.831. The third-order valence-electron chi connectivity index (χ3n) is 5.00. The molecule has 2 saturated carbocycles. The summed E-state index contributed by atoms with van der Waals surface area (Å²) in [5.74, 6) is 1.04. The molecule has 0 aliphatic heterocycles. The predicted octanol–water partition coefficient (Wildman–Crippen LogP) is 3.00. The fraction of sp³-hybridized carbons (Fsp3) is 0.588. The monoisotopic (exact) mass is 272 g/mol. The molecule has 0 atom stereocenters. The summed E-state index contributed by atoms with van der Waals surface area (Å²) in [7, 11) is 0. The van der Waals surface area contributed by atoms with Gasteiger partial charge >= 0.3 is 0 Å². The zero-order chi connectivity index (χ0) is 14.2. The van der Waals surface area contributed by atoms with Crippen LogP contribution in [0.15, 0.2) is 24.3 Å². The molecule has 1 aromatic rings. The topological polar surface area (TPSA) is 55.1 Å². The fourth-order valence-electron chi connectivity index (χ4n) is 3.30. The number of benzene rings is 1. The van der Waals surface area contributed by atoms with Gasteiger partial charge in [-0.05, 0) is 62.1 Å². The van der Waals surface area contributed by atoms with Crippen LogP contribution in [0.5, 0.6) is 0 Å². The van der Waals surface area contributed by atoms with Gasteiger partial charge in [0, 0.05) is 11.7 Å². The number of nitrogen functional groups attached to an aromatic ring is 1. The Balaban J connectivity index is 1.66. The molecule has 0 spiro atoms. The van der Waals surface area contributed by atoms with E-state index in [0.717, 1.165) is 42.9 Å². The van der Waals surface area contributed by atoms with E-state index in [-0.39, 0.29) is 11.3 Å². The highest BCUT2D eigenvalue weighted by Crippen LogP contribution is 2.48. The smallest absolute Gasteiger partial charge is 0.230 e. The van der Waals surface area contributed by atoms with Gasteiger partial charge in [-0.15, -0.1) is 0 Å². The third-order valence-corrected chi connectivity index (χ3v) is 5.00. The van der Waals surface area contributed by atoms with Crippen LogP contribution in [0.2, 0.25) is 0 Å². The molecule has 0 heterocycles. The molecule has 2 aliphatic rings. The first-order chi connectivity index (χ1) is 9.60. The molecule has 3 N–H and O–H groups in total. The second-order valence-electron chi connectivity index (χ2n) is 6.63. The lowest BCUT2D eigenvalue weighted by molar-refractivity contribution is -0.124. The van der Waals surface area contributed by atoms with Gasteiger partial charge in [0.2, 0.25) is 5.91 Å². The van der Waals surface area contributed by atoms with E-state index >= 15 is 0 Å². The van der Waals surface area contributed by atoms with Crippen molar-refractivity contribution in [1.29, 1.82) is 0 Å². The van der Waals surface area contributed by atoms with Crippen molar-refractivity contribution in [2.24, 2.45) is 5.92 Å². The molecule has 1 aromatic carbocycles. The first-order valence-electron chi connectivity index (χ1n) is 7.77. The van der Waals surface area contributed by atoms with Crippen molar-refractivity contribution in [3.8, 4) is 0 Å². The van der Waals surface area contributed by atoms with Crippen molar-refractivity contribution in [2.75, 3.05) is 5.73 Å². The second kappa shape index (κ2) is 5.12. The Kier molecular flexibility index (Phi) is 3.45. The average molecular weight is 272 g/mol. The van der Waals surface area contributed by atoms with E-state index in [9.17, 15) is 4.79 Å². The number of nitrogens with one attached hydrogen (secondary N) is 1. The highest BCUT2D eigenvalue weighted by atomic mass is 16.2. The number of rotatable bonds is 3. The lowest BCUT2D eigenvalue weighted by Crippen LogP contribution is -2.43. The molecule has 0 bridgehead atoms. The van der Waals surface area contributed by atoms with E-state index in [2.05, 4.69) is 12.2 Å². The third kappa shape index (κ3) is 2.54. The predicted molar refractivity (Wildman–Crippen MR) is 81.3 cm³/mol. The normalized spacial score (nSPS) is 27.9. The van der Waals surface area contributed by atoms with E-state index in [1.807, 2.05) is 24.3 Å². The van der Waals surface area contributed by atoms with Crippen molar-refractivity contribution in [1.82, 2.24) is 5.32 Å². The lowest BCUT2D eigenvalue weighted by atomic mass is 9.86. The minimum Gasteiger partial charge on any atom is -0.399 e. The first-order valence-corrected chi connectivity index (χ1v) is 7.77. The fourth-order valence-corrected chi connectivity index (χ4v) is 3.30. The Morgan fingerprint density at radius 1 is 1.15 bits per heavy atom. The maximum Gasteiger partial charge on any atom is 0.230 e. The van der Waals surface area contributed by atoms with Crippen LogP contribution in [0.25, 0.3) is 0 Å². The molecular formula is C17H24N2O. The summed E-state index contributed by atoms with van der Waals surface area (Å²) in [5.41, 5.74) is 7.34. The number of anilines is 1. The van der Waals surface area contributed by atoms with Crippen LogP contribution in [-0.4, -0.2) is 11.9 Å². The Bertz CT molecular complexity index is 482. The number of nitrogens with two attached hydrogens (primary N) is 1. The summed E-state index contributed by atoms with van der Waals surface area (Å²) in [6.45, 7) is 2.30. The van der Waals surface area contributed by atoms with Crippen molar-refractivity contribution in [2.45, 2.75) is 56.9 Å². The Morgan fingerprint density at radius 3 is 2.30 bits per heavy atom. The van der Waals surface area contributed by atoms with Crippen LogP contribution in [0.3, 0.4) is 0 Å². The summed E-state index contributed by atoms with van der Waals surface area (Å²) in [6.07, 6.45) is 6.66. The highest BCUT2D eigenvalue weighted by molar-refractivity contribution is 5.91. The van der Waals surface area contributed by atoms with E-state index in [4.69, 9.17) is 5.73 Å². The van der Waals surface area contributed by atoms with Crippen LogP contribution in [0.1, 0.15) is 51.0 Å². The van der Waals surface area contributed by atoms with Gasteiger partial charge in [-0.1, -0.05) is 19.1 Å². The summed E-state index contributed by atoms with van der Waals surface area (Å²) in [5, 5.41) is 3.29. The second-order valence-corrected chi connectivity index (χ2v) is 6.63. The van der Waals surface area contributed by atoms with Gasteiger partial charge in [-0.2, -0.15) is 0 Å². The van der Waals surface area contributed by atoms with Crippen LogP contribution in [0, 0.1) is 5.92 Å². The molecule has 108 valence electrons. The summed E-state index contributed by atoms with van der Waals surface area (Å²) >= 11 is 0. The number of amides is 1. The van der Waals surface area contributed by atoms with Gasteiger partial charge in [-0.3, -0.25) is 4.79 Å². The minimum atomic E-state index is -0.267. The van der Waals surface area contributed by atoms with Gasteiger partial charge in [0.05, 0.1) is 5.41 Å². The maximum absolute atomic E-state index is 12.6. The van der Waals surface area contributed by atoms with Gasteiger partial charge in [0.1, 0.15) is 0 Å². The summed E-state index contributed by atoms with van der Waals surface area (Å²) < 4.78 is 0. The zero-order valence-corrected chi connectivity index (χ0v) is 12.2. The average Bonchev–Trinajstić information content (AvgIpc) is 3.24. The molecule has 0 radical (unpaired) electrons. The Labute approximate surface area is 120 Å². The van der Waals surface area contributed by atoms with Crippen LogP contribution in [-0.2, 0) is 10.2 Å². The molecule has 2 fully saturated rings.